The van der Waals surface area contributed by atoms with Gasteiger partial charge in [-0.2, -0.15) is 13.2 Å². The first-order valence-electron chi connectivity index (χ1n) is 3.90. The first-order valence-corrected chi connectivity index (χ1v) is 3.90. The molecule has 0 rings (SSSR count). The maximum atomic E-state index is 11.6. The van der Waals surface area contributed by atoms with Crippen molar-refractivity contribution in [3.05, 3.63) is 0 Å². The van der Waals surface area contributed by atoms with Crippen LogP contribution >= 0.6 is 0 Å². The van der Waals surface area contributed by atoms with Gasteiger partial charge in [0.2, 0.25) is 0 Å². The Bertz CT molecular complexity index is 112. The van der Waals surface area contributed by atoms with Gasteiger partial charge >= 0.3 is 6.18 Å². The van der Waals surface area contributed by atoms with Gasteiger partial charge in [-0.05, 0) is 6.42 Å². The first-order chi connectivity index (χ1) is 5.49. The lowest BCUT2D eigenvalue weighted by Crippen LogP contribution is -2.34. The van der Waals surface area contributed by atoms with E-state index in [1.54, 1.807) is 0 Å². The lowest BCUT2D eigenvalue weighted by molar-refractivity contribution is -0.133. The second-order valence-corrected chi connectivity index (χ2v) is 2.61. The van der Waals surface area contributed by atoms with Crippen LogP contribution in [0, 0.1) is 0 Å². The average Bonchev–Trinajstić information content (AvgIpc) is 1.96. The van der Waals surface area contributed by atoms with Gasteiger partial charge in [-0.1, -0.05) is 6.92 Å². The monoisotopic (exact) mass is 185 g/mol. The summed E-state index contributed by atoms with van der Waals surface area (Å²) < 4.78 is 34.8. The Balaban J connectivity index is 3.41. The molecule has 0 aliphatic heterocycles. The van der Waals surface area contributed by atoms with Crippen LogP contribution in [0.25, 0.3) is 0 Å². The largest absolute Gasteiger partial charge is 0.395 e. The molecule has 2 N–H and O–H groups in total. The third-order valence-corrected chi connectivity index (χ3v) is 1.55. The summed E-state index contributed by atoms with van der Waals surface area (Å²) in [4.78, 5) is 0. The van der Waals surface area contributed by atoms with Crippen molar-refractivity contribution < 1.29 is 18.3 Å². The van der Waals surface area contributed by atoms with Crippen molar-refractivity contribution >= 4 is 0 Å². The van der Waals surface area contributed by atoms with E-state index in [1.807, 2.05) is 6.92 Å². The number of nitrogens with one attached hydrogen (secondary N) is 1. The lowest BCUT2D eigenvalue weighted by Gasteiger charge is -2.14. The minimum absolute atomic E-state index is 0.117. The Morgan fingerprint density at radius 3 is 2.33 bits per heavy atom. The van der Waals surface area contributed by atoms with E-state index in [1.165, 1.54) is 0 Å². The summed E-state index contributed by atoms with van der Waals surface area (Å²) in [5, 5.41) is 11.2. The van der Waals surface area contributed by atoms with Crippen molar-refractivity contribution in [1.82, 2.24) is 5.32 Å². The van der Waals surface area contributed by atoms with Crippen LogP contribution in [0.4, 0.5) is 13.2 Å². The van der Waals surface area contributed by atoms with Gasteiger partial charge in [-0.15, -0.1) is 0 Å². The quantitative estimate of drug-likeness (QED) is 0.676. The Labute approximate surface area is 69.8 Å². The van der Waals surface area contributed by atoms with Crippen LogP contribution in [0.3, 0.4) is 0 Å². The van der Waals surface area contributed by atoms with E-state index in [9.17, 15) is 13.2 Å². The third-order valence-electron chi connectivity index (χ3n) is 1.55. The third kappa shape index (κ3) is 6.42. The van der Waals surface area contributed by atoms with Crippen molar-refractivity contribution in [3.8, 4) is 0 Å². The SMILES string of the molecule is CCC(CO)NCCC(F)(F)F. The highest BCUT2D eigenvalue weighted by Gasteiger charge is 2.26. The molecule has 12 heavy (non-hydrogen) atoms. The molecular weight excluding hydrogens is 171 g/mol. The van der Waals surface area contributed by atoms with E-state index in [2.05, 4.69) is 5.32 Å². The number of hydrogen-bond acceptors (Lipinski definition) is 2. The zero-order valence-electron chi connectivity index (χ0n) is 6.99. The van der Waals surface area contributed by atoms with E-state index in [4.69, 9.17) is 5.11 Å². The molecule has 0 aromatic rings. The van der Waals surface area contributed by atoms with Crippen LogP contribution in [0.5, 0.6) is 0 Å². The maximum Gasteiger partial charge on any atom is 0.390 e. The lowest BCUT2D eigenvalue weighted by atomic mass is 10.2. The van der Waals surface area contributed by atoms with Crippen LogP contribution in [-0.2, 0) is 0 Å². The molecule has 0 spiro atoms. The Kier molecular flexibility index (Phi) is 5.24. The summed E-state index contributed by atoms with van der Waals surface area (Å²) in [6.45, 7) is 1.57. The molecule has 0 aromatic heterocycles. The Morgan fingerprint density at radius 1 is 1.42 bits per heavy atom. The summed E-state index contributed by atoms with van der Waals surface area (Å²) in [7, 11) is 0. The molecule has 0 aliphatic carbocycles. The van der Waals surface area contributed by atoms with Gasteiger partial charge in [0.15, 0.2) is 0 Å². The number of hydrogen-bond donors (Lipinski definition) is 2. The summed E-state index contributed by atoms with van der Waals surface area (Å²) >= 11 is 0. The number of halogens is 3. The number of rotatable bonds is 5. The van der Waals surface area contributed by atoms with Crippen molar-refractivity contribution in [2.45, 2.75) is 32.0 Å². The summed E-state index contributed by atoms with van der Waals surface area (Å²) in [5.41, 5.74) is 0. The van der Waals surface area contributed by atoms with Crippen molar-refractivity contribution in [3.63, 3.8) is 0 Å². The fourth-order valence-electron chi connectivity index (χ4n) is 0.756. The molecule has 74 valence electrons. The van der Waals surface area contributed by atoms with Gasteiger partial charge in [0.1, 0.15) is 0 Å². The van der Waals surface area contributed by atoms with E-state index in [0.717, 1.165) is 0 Å². The van der Waals surface area contributed by atoms with Crippen LogP contribution in [0.15, 0.2) is 0 Å². The molecule has 0 saturated carbocycles. The van der Waals surface area contributed by atoms with Gasteiger partial charge in [0, 0.05) is 12.6 Å². The van der Waals surface area contributed by atoms with E-state index in [-0.39, 0.29) is 19.2 Å². The van der Waals surface area contributed by atoms with E-state index < -0.39 is 12.6 Å². The zero-order valence-corrected chi connectivity index (χ0v) is 6.99. The smallest absolute Gasteiger partial charge is 0.390 e. The average molecular weight is 185 g/mol. The molecule has 1 unspecified atom stereocenters. The second-order valence-electron chi connectivity index (χ2n) is 2.61. The molecule has 0 saturated heterocycles. The number of aliphatic hydroxyl groups is 1. The molecule has 5 heteroatoms. The normalized spacial score (nSPS) is 14.8. The molecule has 1 atom stereocenters. The zero-order chi connectivity index (χ0) is 9.61. The summed E-state index contributed by atoms with van der Waals surface area (Å²) in [6.07, 6.45) is -4.32. The minimum Gasteiger partial charge on any atom is -0.395 e. The predicted octanol–water partition coefficient (Wildman–Crippen LogP) is 1.30. The predicted molar refractivity (Wildman–Crippen MR) is 39.8 cm³/mol. The molecule has 0 fully saturated rings. The van der Waals surface area contributed by atoms with Gasteiger partial charge in [-0.3, -0.25) is 0 Å². The van der Waals surface area contributed by atoms with Crippen LogP contribution in [0.1, 0.15) is 19.8 Å². The summed E-state index contributed by atoms with van der Waals surface area (Å²) in [6, 6.07) is -0.215. The molecular formula is C7H14F3NO. The van der Waals surface area contributed by atoms with Gasteiger partial charge in [0.25, 0.3) is 0 Å². The molecule has 0 radical (unpaired) electrons. The topological polar surface area (TPSA) is 32.3 Å². The van der Waals surface area contributed by atoms with Gasteiger partial charge < -0.3 is 10.4 Å². The molecule has 0 aromatic carbocycles. The standard InChI is InChI=1S/C7H14F3NO/c1-2-6(5-12)11-4-3-7(8,9)10/h6,11-12H,2-5H2,1H3. The summed E-state index contributed by atoms with van der Waals surface area (Å²) in [5.74, 6) is 0. The molecule has 0 bridgehead atoms. The van der Waals surface area contributed by atoms with Crippen LogP contribution < -0.4 is 5.32 Å². The number of alkyl halides is 3. The molecule has 0 amide bonds. The highest BCUT2D eigenvalue weighted by Crippen LogP contribution is 2.18. The van der Waals surface area contributed by atoms with Crippen LogP contribution in [0.2, 0.25) is 0 Å². The fraction of sp³-hybridized carbons (Fsp3) is 1.00. The minimum atomic E-state index is -4.11. The molecule has 0 aliphatic rings. The Morgan fingerprint density at radius 2 is 2.00 bits per heavy atom. The van der Waals surface area contributed by atoms with Crippen molar-refractivity contribution in [1.29, 1.82) is 0 Å². The number of aliphatic hydroxyl groups excluding tert-OH is 1. The highest BCUT2D eigenvalue weighted by molar-refractivity contribution is 4.64. The Hall–Kier alpha value is -0.290. The second kappa shape index (κ2) is 5.37. The molecule has 2 nitrogen and oxygen atoms in total. The van der Waals surface area contributed by atoms with Crippen molar-refractivity contribution in [2.75, 3.05) is 13.2 Å². The first kappa shape index (κ1) is 11.7. The van der Waals surface area contributed by atoms with Gasteiger partial charge in [0.05, 0.1) is 13.0 Å². The van der Waals surface area contributed by atoms with Crippen LogP contribution in [-0.4, -0.2) is 30.5 Å². The maximum absolute atomic E-state index is 11.6. The van der Waals surface area contributed by atoms with E-state index >= 15 is 0 Å². The fourth-order valence-corrected chi connectivity index (χ4v) is 0.756. The molecule has 0 heterocycles. The van der Waals surface area contributed by atoms with Crippen molar-refractivity contribution in [2.24, 2.45) is 0 Å². The van der Waals surface area contributed by atoms with Gasteiger partial charge in [-0.25, -0.2) is 0 Å². The highest BCUT2D eigenvalue weighted by atomic mass is 19.4. The van der Waals surface area contributed by atoms with E-state index in [0.29, 0.717) is 6.42 Å².